The minimum atomic E-state index is -0.742. The fourth-order valence-electron chi connectivity index (χ4n) is 0. The van der Waals surface area contributed by atoms with Crippen LogP contribution in [0.5, 0.6) is 0 Å². The third-order valence-corrected chi connectivity index (χ3v) is 2.91. The number of hydrogen-bond donors (Lipinski definition) is 1. The molecule has 0 amide bonds. The topological polar surface area (TPSA) is 20.2 Å². The summed E-state index contributed by atoms with van der Waals surface area (Å²) in [7, 11) is -0.742. The minimum Gasteiger partial charge on any atom is -0.374 e. The summed E-state index contributed by atoms with van der Waals surface area (Å²) >= 11 is 0. The highest BCUT2D eigenvalue weighted by Gasteiger charge is 2.16. The highest BCUT2D eigenvalue weighted by molar-refractivity contribution is 7.52. The molecule has 0 aromatic rings. The summed E-state index contributed by atoms with van der Waals surface area (Å²) in [4.78, 5) is 8.95. The largest absolute Gasteiger partial charge is 0.374 e. The third-order valence-electron chi connectivity index (χ3n) is 0.971. The van der Waals surface area contributed by atoms with Crippen LogP contribution in [0.25, 0.3) is 0 Å². The summed E-state index contributed by atoms with van der Waals surface area (Å²) in [6.07, 6.45) is 0. The van der Waals surface area contributed by atoms with E-state index in [1.807, 2.05) is 27.4 Å². The summed E-state index contributed by atoms with van der Waals surface area (Å²) in [5, 5.41) is 0.120. The van der Waals surface area contributed by atoms with Gasteiger partial charge in [-0.25, -0.2) is 0 Å². The smallest absolute Gasteiger partial charge is 0.0274 e. The second kappa shape index (κ2) is 2.11. The zero-order valence-electron chi connectivity index (χ0n) is 5.39. The Morgan fingerprint density at radius 3 is 1.43 bits per heavy atom. The van der Waals surface area contributed by atoms with E-state index < -0.39 is 8.15 Å². The molecule has 0 aliphatic rings. The third kappa shape index (κ3) is 3.02. The van der Waals surface area contributed by atoms with E-state index in [-0.39, 0.29) is 5.16 Å². The van der Waals surface area contributed by atoms with Crippen molar-refractivity contribution in [2.24, 2.45) is 0 Å². The maximum atomic E-state index is 8.95. The highest BCUT2D eigenvalue weighted by Crippen LogP contribution is 2.40. The van der Waals surface area contributed by atoms with Crippen molar-refractivity contribution in [3.8, 4) is 0 Å². The molecule has 0 spiro atoms. The maximum absolute atomic E-state index is 8.95. The Morgan fingerprint density at radius 1 is 1.29 bits per heavy atom. The van der Waals surface area contributed by atoms with Gasteiger partial charge in [0.05, 0.1) is 0 Å². The molecule has 0 heterocycles. The Morgan fingerprint density at radius 2 is 1.43 bits per heavy atom. The van der Waals surface area contributed by atoms with Gasteiger partial charge in [-0.1, -0.05) is 20.8 Å². The standard InChI is InChI=1S/C5H13OP/c1-5(2,3)7(4)6/h6H,1-4H3/t7-/m0/s1. The van der Waals surface area contributed by atoms with Gasteiger partial charge in [0.1, 0.15) is 0 Å². The number of hydrogen-bond acceptors (Lipinski definition) is 1. The van der Waals surface area contributed by atoms with Crippen LogP contribution >= 0.6 is 8.15 Å². The summed E-state index contributed by atoms with van der Waals surface area (Å²) in [5.41, 5.74) is 0. The van der Waals surface area contributed by atoms with E-state index in [4.69, 9.17) is 4.89 Å². The molecule has 0 aromatic heterocycles. The molecule has 2 heteroatoms. The van der Waals surface area contributed by atoms with Crippen molar-refractivity contribution in [2.75, 3.05) is 6.66 Å². The molecule has 1 atom stereocenters. The van der Waals surface area contributed by atoms with Crippen molar-refractivity contribution in [1.29, 1.82) is 0 Å². The van der Waals surface area contributed by atoms with Crippen LogP contribution in [0.4, 0.5) is 0 Å². The van der Waals surface area contributed by atoms with E-state index in [2.05, 4.69) is 0 Å². The van der Waals surface area contributed by atoms with Crippen LogP contribution in [0.3, 0.4) is 0 Å². The van der Waals surface area contributed by atoms with Gasteiger partial charge in [-0.2, -0.15) is 0 Å². The van der Waals surface area contributed by atoms with Crippen molar-refractivity contribution >= 4 is 8.15 Å². The van der Waals surface area contributed by atoms with Gasteiger partial charge in [0, 0.05) is 13.3 Å². The molecular weight excluding hydrogens is 107 g/mol. The molecule has 7 heavy (non-hydrogen) atoms. The van der Waals surface area contributed by atoms with E-state index in [0.717, 1.165) is 0 Å². The van der Waals surface area contributed by atoms with Gasteiger partial charge >= 0.3 is 0 Å². The molecule has 0 aliphatic heterocycles. The van der Waals surface area contributed by atoms with Gasteiger partial charge in [0.2, 0.25) is 0 Å². The Hall–Kier alpha value is 0.390. The van der Waals surface area contributed by atoms with Crippen molar-refractivity contribution in [1.82, 2.24) is 0 Å². The lowest BCUT2D eigenvalue weighted by atomic mass is 10.3. The van der Waals surface area contributed by atoms with Crippen LogP contribution < -0.4 is 0 Å². The lowest BCUT2D eigenvalue weighted by Crippen LogP contribution is -2.09. The van der Waals surface area contributed by atoms with Crippen LogP contribution in [0.15, 0.2) is 0 Å². The Bertz CT molecular complexity index is 53.6. The quantitative estimate of drug-likeness (QED) is 0.483. The Labute approximate surface area is 46.6 Å². The molecule has 44 valence electrons. The van der Waals surface area contributed by atoms with E-state index >= 15 is 0 Å². The van der Waals surface area contributed by atoms with Crippen molar-refractivity contribution in [3.63, 3.8) is 0 Å². The molecule has 0 bridgehead atoms. The van der Waals surface area contributed by atoms with Crippen molar-refractivity contribution < 1.29 is 4.89 Å². The van der Waals surface area contributed by atoms with Gasteiger partial charge < -0.3 is 4.89 Å². The van der Waals surface area contributed by atoms with E-state index in [0.29, 0.717) is 0 Å². The van der Waals surface area contributed by atoms with Gasteiger partial charge in [-0.05, 0) is 6.66 Å². The summed E-state index contributed by atoms with van der Waals surface area (Å²) in [6, 6.07) is 0. The molecular formula is C5H13OP. The molecule has 0 radical (unpaired) electrons. The molecule has 0 unspecified atom stereocenters. The first-order chi connectivity index (χ1) is 2.94. The van der Waals surface area contributed by atoms with Crippen LogP contribution in [0, 0.1) is 0 Å². The van der Waals surface area contributed by atoms with Crippen LogP contribution in [-0.2, 0) is 0 Å². The average Bonchev–Trinajstić information content (AvgIpc) is 1.31. The molecule has 0 saturated carbocycles. The molecule has 0 aliphatic carbocycles. The zero-order chi connectivity index (χ0) is 6.08. The fraction of sp³-hybridized carbons (Fsp3) is 1.00. The first-order valence-corrected chi connectivity index (χ1v) is 4.11. The minimum absolute atomic E-state index is 0.120. The van der Waals surface area contributed by atoms with Gasteiger partial charge in [0.15, 0.2) is 0 Å². The molecule has 1 N–H and O–H groups in total. The van der Waals surface area contributed by atoms with Crippen molar-refractivity contribution in [2.45, 2.75) is 25.9 Å². The van der Waals surface area contributed by atoms with Gasteiger partial charge in [0.25, 0.3) is 0 Å². The molecule has 0 saturated heterocycles. The normalized spacial score (nSPS) is 16.7. The first kappa shape index (κ1) is 7.39. The van der Waals surface area contributed by atoms with Gasteiger partial charge in [-0.3, -0.25) is 0 Å². The summed E-state index contributed by atoms with van der Waals surface area (Å²) < 4.78 is 0. The maximum Gasteiger partial charge on any atom is 0.0274 e. The Balaban J connectivity index is 3.54. The Kier molecular flexibility index (Phi) is 2.22. The SMILES string of the molecule is C[P@](O)C(C)(C)C. The zero-order valence-corrected chi connectivity index (χ0v) is 6.29. The predicted octanol–water partition coefficient (Wildman–Crippen LogP) is 1.80. The van der Waals surface area contributed by atoms with E-state index in [1.165, 1.54) is 0 Å². The monoisotopic (exact) mass is 120 g/mol. The van der Waals surface area contributed by atoms with Crippen LogP contribution in [0.1, 0.15) is 20.8 Å². The van der Waals surface area contributed by atoms with E-state index in [1.54, 1.807) is 0 Å². The molecule has 0 aromatic carbocycles. The van der Waals surface area contributed by atoms with Crippen molar-refractivity contribution in [3.05, 3.63) is 0 Å². The predicted molar refractivity (Wildman–Crippen MR) is 34.8 cm³/mol. The molecule has 0 rings (SSSR count). The lowest BCUT2D eigenvalue weighted by molar-refractivity contribution is 0.584. The molecule has 1 nitrogen and oxygen atoms in total. The van der Waals surface area contributed by atoms with E-state index in [9.17, 15) is 0 Å². The fourth-order valence-corrected chi connectivity index (χ4v) is 0. The summed E-state index contributed by atoms with van der Waals surface area (Å²) in [6.45, 7) is 7.99. The van der Waals surface area contributed by atoms with Crippen LogP contribution in [0.2, 0.25) is 0 Å². The molecule has 0 fully saturated rings. The first-order valence-electron chi connectivity index (χ1n) is 2.37. The number of rotatable bonds is 0. The lowest BCUT2D eigenvalue weighted by Gasteiger charge is -2.20. The average molecular weight is 120 g/mol. The highest BCUT2D eigenvalue weighted by atomic mass is 31.1. The van der Waals surface area contributed by atoms with Gasteiger partial charge in [-0.15, -0.1) is 0 Å². The second-order valence-electron chi connectivity index (χ2n) is 2.69. The second-order valence-corrected chi connectivity index (χ2v) is 5.08. The van der Waals surface area contributed by atoms with Crippen LogP contribution in [-0.4, -0.2) is 16.7 Å². The summed E-state index contributed by atoms with van der Waals surface area (Å²) in [5.74, 6) is 0.